The summed E-state index contributed by atoms with van der Waals surface area (Å²) in [5.74, 6) is 0.212. The van der Waals surface area contributed by atoms with Gasteiger partial charge in [-0.05, 0) is 24.6 Å². The fraction of sp³-hybridized carbons (Fsp3) is 0.333. The predicted octanol–water partition coefficient (Wildman–Crippen LogP) is 1.79. The molecule has 0 aliphatic carbocycles. The predicted molar refractivity (Wildman–Crippen MR) is 91.5 cm³/mol. The number of nitrogens with zero attached hydrogens (tertiary/aromatic N) is 2. The highest BCUT2D eigenvalue weighted by molar-refractivity contribution is 7.11. The van der Waals surface area contributed by atoms with Crippen LogP contribution in [0.25, 0.3) is 0 Å². The van der Waals surface area contributed by atoms with Crippen molar-refractivity contribution in [2.24, 2.45) is 0 Å². The van der Waals surface area contributed by atoms with Crippen molar-refractivity contribution in [1.29, 1.82) is 0 Å². The number of aryl methyl sites for hydroxylation is 1. The van der Waals surface area contributed by atoms with Gasteiger partial charge in [-0.25, -0.2) is 4.79 Å². The molecule has 0 unspecified atom stereocenters. The molecule has 128 valence electrons. The van der Waals surface area contributed by atoms with Crippen LogP contribution in [-0.4, -0.2) is 36.3 Å². The van der Waals surface area contributed by atoms with Gasteiger partial charge in [0.1, 0.15) is 15.8 Å². The summed E-state index contributed by atoms with van der Waals surface area (Å²) < 4.78 is 5.20. The van der Waals surface area contributed by atoms with Gasteiger partial charge < -0.3 is 20.7 Å². The Balaban J connectivity index is 2.02. The number of rotatable bonds is 6. The Bertz CT molecular complexity index is 732. The fourth-order valence-corrected chi connectivity index (χ4v) is 2.64. The van der Waals surface area contributed by atoms with Crippen LogP contribution < -0.4 is 20.7 Å². The van der Waals surface area contributed by atoms with Crippen LogP contribution in [-0.2, 0) is 13.0 Å². The number of ether oxygens (including phenoxy) is 1. The molecule has 2 rings (SSSR count). The monoisotopic (exact) mass is 349 g/mol. The van der Waals surface area contributed by atoms with E-state index in [9.17, 15) is 9.59 Å². The number of aromatic nitrogens is 2. The molecular formula is C15H19N5O3S. The molecule has 0 saturated heterocycles. The van der Waals surface area contributed by atoms with E-state index in [1.807, 2.05) is 6.92 Å². The van der Waals surface area contributed by atoms with Gasteiger partial charge in [0.25, 0.3) is 5.91 Å². The average Bonchev–Trinajstić information content (AvgIpc) is 3.07. The summed E-state index contributed by atoms with van der Waals surface area (Å²) in [6.07, 6.45) is 0.813. The molecule has 0 saturated carbocycles. The minimum absolute atomic E-state index is 0.248. The molecule has 3 N–H and O–H groups in total. The number of carbonyl (C=O) groups is 2. The van der Waals surface area contributed by atoms with Gasteiger partial charge >= 0.3 is 6.03 Å². The summed E-state index contributed by atoms with van der Waals surface area (Å²) in [7, 11) is 3.03. The van der Waals surface area contributed by atoms with E-state index in [1.165, 1.54) is 18.4 Å². The van der Waals surface area contributed by atoms with Crippen molar-refractivity contribution in [3.63, 3.8) is 0 Å². The molecule has 1 aromatic heterocycles. The largest absolute Gasteiger partial charge is 0.495 e. The standard InChI is InChI=1S/C15H19N5O3S/c1-4-12-19-20-13(24-12)8-17-15(22)18-10-7-9(14(21)16-2)5-6-11(10)23-3/h5-7H,4,8H2,1-3H3,(H,16,21)(H2,17,18,22). The molecule has 9 heteroatoms. The van der Waals surface area contributed by atoms with Gasteiger partial charge in [-0.15, -0.1) is 10.2 Å². The minimum atomic E-state index is -0.421. The number of anilines is 1. The number of methoxy groups -OCH3 is 1. The van der Waals surface area contributed by atoms with Crippen LogP contribution in [0.15, 0.2) is 18.2 Å². The quantitative estimate of drug-likeness (QED) is 0.737. The highest BCUT2D eigenvalue weighted by Gasteiger charge is 2.12. The number of nitrogens with one attached hydrogen (secondary N) is 3. The van der Waals surface area contributed by atoms with Crippen molar-refractivity contribution in [3.05, 3.63) is 33.8 Å². The molecule has 0 spiro atoms. The maximum atomic E-state index is 12.1. The molecule has 1 aromatic carbocycles. The van der Waals surface area contributed by atoms with E-state index in [0.717, 1.165) is 16.4 Å². The Morgan fingerprint density at radius 1 is 1.25 bits per heavy atom. The summed E-state index contributed by atoms with van der Waals surface area (Å²) in [4.78, 5) is 23.8. The molecule has 0 bridgehead atoms. The van der Waals surface area contributed by atoms with Crippen LogP contribution in [0, 0.1) is 0 Å². The third-order valence-corrected chi connectivity index (χ3v) is 4.22. The summed E-state index contributed by atoms with van der Waals surface area (Å²) in [5.41, 5.74) is 0.827. The SMILES string of the molecule is CCc1nnc(CNC(=O)Nc2cc(C(=O)NC)ccc2OC)s1. The molecule has 0 aliphatic heterocycles. The number of hydrogen-bond donors (Lipinski definition) is 3. The molecule has 3 amide bonds. The van der Waals surface area contributed by atoms with Crippen LogP contribution in [0.4, 0.5) is 10.5 Å². The normalized spacial score (nSPS) is 10.1. The van der Waals surface area contributed by atoms with E-state index in [2.05, 4.69) is 26.1 Å². The Kier molecular flexibility index (Phi) is 6.07. The van der Waals surface area contributed by atoms with Crippen molar-refractivity contribution in [3.8, 4) is 5.75 Å². The Morgan fingerprint density at radius 2 is 2.00 bits per heavy atom. The number of hydrogen-bond acceptors (Lipinski definition) is 6. The smallest absolute Gasteiger partial charge is 0.319 e. The Morgan fingerprint density at radius 3 is 2.62 bits per heavy atom. The third-order valence-electron chi connectivity index (χ3n) is 3.15. The van der Waals surface area contributed by atoms with Crippen molar-refractivity contribution >= 4 is 29.0 Å². The third kappa shape index (κ3) is 4.42. The lowest BCUT2D eigenvalue weighted by Gasteiger charge is -2.12. The van der Waals surface area contributed by atoms with Gasteiger partial charge in [0.2, 0.25) is 0 Å². The number of carbonyl (C=O) groups excluding carboxylic acids is 2. The second kappa shape index (κ2) is 8.25. The lowest BCUT2D eigenvalue weighted by atomic mass is 10.1. The lowest BCUT2D eigenvalue weighted by molar-refractivity contribution is 0.0963. The van der Waals surface area contributed by atoms with E-state index < -0.39 is 6.03 Å². The molecule has 0 atom stereocenters. The second-order valence-electron chi connectivity index (χ2n) is 4.74. The Hall–Kier alpha value is -2.68. The maximum Gasteiger partial charge on any atom is 0.319 e. The topological polar surface area (TPSA) is 105 Å². The molecule has 8 nitrogen and oxygen atoms in total. The maximum absolute atomic E-state index is 12.1. The second-order valence-corrected chi connectivity index (χ2v) is 5.89. The molecule has 1 heterocycles. The number of urea groups is 1. The van der Waals surface area contributed by atoms with E-state index in [4.69, 9.17) is 4.74 Å². The van der Waals surface area contributed by atoms with Gasteiger partial charge in [0, 0.05) is 12.6 Å². The van der Waals surface area contributed by atoms with Gasteiger partial charge in [-0.1, -0.05) is 18.3 Å². The van der Waals surface area contributed by atoms with Gasteiger partial charge in [0.15, 0.2) is 0 Å². The number of benzene rings is 1. The zero-order valence-electron chi connectivity index (χ0n) is 13.7. The van der Waals surface area contributed by atoms with Crippen molar-refractivity contribution in [2.75, 3.05) is 19.5 Å². The summed E-state index contributed by atoms with van der Waals surface area (Å²) in [5, 5.41) is 17.6. The fourth-order valence-electron chi connectivity index (χ4n) is 1.92. The van der Waals surface area contributed by atoms with E-state index in [1.54, 1.807) is 25.2 Å². The highest BCUT2D eigenvalue weighted by atomic mass is 32.1. The first-order valence-electron chi connectivity index (χ1n) is 7.33. The minimum Gasteiger partial charge on any atom is -0.495 e. The zero-order valence-corrected chi connectivity index (χ0v) is 14.5. The van der Waals surface area contributed by atoms with Gasteiger partial charge in [0.05, 0.1) is 19.3 Å². The summed E-state index contributed by atoms with van der Waals surface area (Å²) in [6.45, 7) is 2.27. The first-order chi connectivity index (χ1) is 11.6. The lowest BCUT2D eigenvalue weighted by Crippen LogP contribution is -2.28. The molecule has 2 aromatic rings. The molecule has 0 aliphatic rings. The van der Waals surface area contributed by atoms with E-state index in [0.29, 0.717) is 17.0 Å². The molecule has 0 fully saturated rings. The van der Waals surface area contributed by atoms with Crippen molar-refractivity contribution in [2.45, 2.75) is 19.9 Å². The summed E-state index contributed by atoms with van der Waals surface area (Å²) in [6, 6.07) is 4.38. The number of amides is 3. The van der Waals surface area contributed by atoms with E-state index >= 15 is 0 Å². The summed E-state index contributed by atoms with van der Waals surface area (Å²) >= 11 is 1.46. The Labute approximate surface area is 143 Å². The van der Waals surface area contributed by atoms with Crippen LogP contribution >= 0.6 is 11.3 Å². The highest BCUT2D eigenvalue weighted by Crippen LogP contribution is 2.25. The van der Waals surface area contributed by atoms with Crippen molar-refractivity contribution < 1.29 is 14.3 Å². The van der Waals surface area contributed by atoms with Crippen LogP contribution in [0.5, 0.6) is 5.75 Å². The van der Waals surface area contributed by atoms with Gasteiger partial charge in [-0.3, -0.25) is 4.79 Å². The zero-order chi connectivity index (χ0) is 17.5. The van der Waals surface area contributed by atoms with E-state index in [-0.39, 0.29) is 12.5 Å². The molecular weight excluding hydrogens is 330 g/mol. The molecule has 24 heavy (non-hydrogen) atoms. The van der Waals surface area contributed by atoms with Crippen LogP contribution in [0.2, 0.25) is 0 Å². The van der Waals surface area contributed by atoms with Crippen LogP contribution in [0.1, 0.15) is 27.3 Å². The molecule has 0 radical (unpaired) electrons. The van der Waals surface area contributed by atoms with Gasteiger partial charge in [-0.2, -0.15) is 0 Å². The first-order valence-corrected chi connectivity index (χ1v) is 8.15. The van der Waals surface area contributed by atoms with Crippen molar-refractivity contribution in [1.82, 2.24) is 20.8 Å². The first kappa shape index (κ1) is 17.7. The average molecular weight is 349 g/mol. The van der Waals surface area contributed by atoms with Crippen LogP contribution in [0.3, 0.4) is 0 Å².